The van der Waals surface area contributed by atoms with Crippen molar-refractivity contribution < 1.29 is 31.4 Å². The number of hydrogen-bond acceptors (Lipinski definition) is 10. The van der Waals surface area contributed by atoms with Crippen molar-refractivity contribution in [3.63, 3.8) is 0 Å². The topological polar surface area (TPSA) is 124 Å². The summed E-state index contributed by atoms with van der Waals surface area (Å²) < 4.78 is 78.1. The summed E-state index contributed by atoms with van der Waals surface area (Å²) in [7, 11) is 1.24. The molecule has 3 aromatic heterocycles. The molecule has 3 saturated heterocycles. The van der Waals surface area contributed by atoms with Crippen LogP contribution in [0.3, 0.4) is 0 Å². The molecule has 0 aliphatic carbocycles. The molecule has 1 atom stereocenters. The number of anilines is 1. The van der Waals surface area contributed by atoms with Crippen LogP contribution in [0.15, 0.2) is 42.6 Å². The summed E-state index contributed by atoms with van der Waals surface area (Å²) >= 11 is 0. The molecule has 0 spiro atoms. The number of halogens is 5. The lowest BCUT2D eigenvalue weighted by Gasteiger charge is -2.31. The SMILES string of the molecule is C#Cc1c(F)ccc2cccc(-c3nc(CCC4CCCCNC4)c4c(N)nc(OCC56CCCN5CCC6)nc4c3F)c12.COc1ccnc(C(F)(F)F)n1. The Kier molecular flexibility index (Phi) is 11.5. The number of nitrogens with one attached hydrogen (secondary N) is 1. The standard InChI is InChI=1S/C35H38F2N6O.C6H5F3N2O/c1-2-24-26(36)13-12-23-9-5-10-25(28(23)24)31-30(37)32-29(27(40-31)14-11-22-8-3-4-17-39-20-22)33(38)42-34(41-32)44-21-35-15-6-18-43(35)19-7-16-35;1-12-4-2-3-10-5(11-4)6(7,8)9/h1,5,9-10,12-13,22,39H,3-4,6-8,11,14-21H2,(H2,38,41,42);2-3H,1H3. The molecule has 1 unspecified atom stereocenters. The second kappa shape index (κ2) is 16.5. The lowest BCUT2D eigenvalue weighted by atomic mass is 9.94. The van der Waals surface area contributed by atoms with E-state index in [1.165, 1.54) is 25.7 Å². The Morgan fingerprint density at radius 3 is 2.55 bits per heavy atom. The number of terminal acetylenes is 1. The molecule has 8 rings (SSSR count). The fourth-order valence-corrected chi connectivity index (χ4v) is 8.30. The predicted molar refractivity (Wildman–Crippen MR) is 203 cm³/mol. The van der Waals surface area contributed by atoms with Gasteiger partial charge in [-0.05, 0) is 94.9 Å². The van der Waals surface area contributed by atoms with Gasteiger partial charge in [0.05, 0.1) is 29.3 Å². The van der Waals surface area contributed by atoms with Crippen LogP contribution in [0.4, 0.5) is 27.8 Å². The van der Waals surface area contributed by atoms with Crippen molar-refractivity contribution in [3.05, 3.63) is 71.3 Å². The number of rotatable bonds is 8. The van der Waals surface area contributed by atoms with Crippen molar-refractivity contribution in [1.29, 1.82) is 0 Å². The Morgan fingerprint density at radius 1 is 1.00 bits per heavy atom. The number of nitrogens with zero attached hydrogens (tertiary/aromatic N) is 6. The fraction of sp³-hybridized carbons (Fsp3) is 0.439. The minimum Gasteiger partial charge on any atom is -0.481 e. The van der Waals surface area contributed by atoms with Gasteiger partial charge in [0.1, 0.15) is 29.5 Å². The van der Waals surface area contributed by atoms with Crippen LogP contribution in [-0.4, -0.2) is 75.3 Å². The number of ether oxygens (including phenoxy) is 2. The van der Waals surface area contributed by atoms with E-state index in [1.54, 1.807) is 18.2 Å². The van der Waals surface area contributed by atoms with Crippen LogP contribution >= 0.6 is 0 Å². The van der Waals surface area contributed by atoms with Crippen molar-refractivity contribution in [2.24, 2.45) is 5.92 Å². The molecule has 56 heavy (non-hydrogen) atoms. The third-order valence-corrected chi connectivity index (χ3v) is 11.1. The number of pyridine rings is 1. The molecule has 3 N–H and O–H groups in total. The molecule has 0 bridgehead atoms. The second-order valence-corrected chi connectivity index (χ2v) is 14.5. The highest BCUT2D eigenvalue weighted by atomic mass is 19.4. The molecular formula is C41H43F5N8O2. The summed E-state index contributed by atoms with van der Waals surface area (Å²) in [6, 6.07) is 9.66. The largest absolute Gasteiger partial charge is 0.481 e. The maximum atomic E-state index is 16.7. The van der Waals surface area contributed by atoms with Crippen molar-refractivity contribution >= 4 is 27.5 Å². The highest BCUT2D eigenvalue weighted by Crippen LogP contribution is 2.40. The fourth-order valence-electron chi connectivity index (χ4n) is 8.30. The average Bonchev–Trinajstić information content (AvgIpc) is 3.67. The third-order valence-electron chi connectivity index (χ3n) is 11.1. The van der Waals surface area contributed by atoms with Crippen LogP contribution in [0.25, 0.3) is 32.9 Å². The summed E-state index contributed by atoms with van der Waals surface area (Å²) in [5, 5.41) is 5.08. The first kappa shape index (κ1) is 39.1. The summed E-state index contributed by atoms with van der Waals surface area (Å²) in [5.41, 5.74) is 7.78. The molecule has 0 radical (unpaired) electrons. The number of nitrogen functional groups attached to an aromatic ring is 1. The number of hydrogen-bond donors (Lipinski definition) is 2. The monoisotopic (exact) mass is 774 g/mol. The summed E-state index contributed by atoms with van der Waals surface area (Å²) in [5.74, 6) is 0.604. The normalized spacial score (nSPS) is 18.2. The van der Waals surface area contributed by atoms with Gasteiger partial charge in [0.15, 0.2) is 5.82 Å². The van der Waals surface area contributed by atoms with Crippen LogP contribution in [0.5, 0.6) is 11.9 Å². The first-order valence-corrected chi connectivity index (χ1v) is 18.9. The van der Waals surface area contributed by atoms with Crippen LogP contribution in [-0.2, 0) is 12.6 Å². The molecule has 0 saturated carbocycles. The zero-order chi connectivity index (χ0) is 39.5. The molecule has 0 amide bonds. The molecule has 5 aromatic rings. The number of alkyl halides is 3. The van der Waals surface area contributed by atoms with Gasteiger partial charge in [0.2, 0.25) is 11.7 Å². The van der Waals surface area contributed by atoms with Crippen molar-refractivity contribution in [2.45, 2.75) is 69.5 Å². The molecule has 294 valence electrons. The first-order chi connectivity index (χ1) is 27.0. The minimum absolute atomic E-state index is 0.0222. The first-order valence-electron chi connectivity index (χ1n) is 18.9. The number of benzene rings is 2. The van der Waals surface area contributed by atoms with Crippen LogP contribution in [0.1, 0.15) is 68.4 Å². The Labute approximate surface area is 321 Å². The van der Waals surface area contributed by atoms with E-state index in [0.29, 0.717) is 46.4 Å². The molecular weight excluding hydrogens is 731 g/mol. The zero-order valence-electron chi connectivity index (χ0n) is 31.1. The van der Waals surface area contributed by atoms with E-state index < -0.39 is 23.6 Å². The molecule has 3 fully saturated rings. The smallest absolute Gasteiger partial charge is 0.451 e. The highest BCUT2D eigenvalue weighted by molar-refractivity contribution is 6.02. The van der Waals surface area contributed by atoms with Crippen molar-refractivity contribution in [3.8, 4) is 35.5 Å². The molecule has 10 nitrogen and oxygen atoms in total. The van der Waals surface area contributed by atoms with Gasteiger partial charge < -0.3 is 20.5 Å². The van der Waals surface area contributed by atoms with E-state index in [-0.39, 0.29) is 40.0 Å². The summed E-state index contributed by atoms with van der Waals surface area (Å²) in [6.45, 7) is 4.53. The number of fused-ring (bicyclic) bond motifs is 3. The predicted octanol–water partition coefficient (Wildman–Crippen LogP) is 7.52. The molecule has 3 aliphatic rings. The number of nitrogens with two attached hydrogens (primary N) is 1. The Balaban J connectivity index is 0.000000344. The number of aryl methyl sites for hydroxylation is 1. The Bertz CT molecular complexity index is 2240. The summed E-state index contributed by atoms with van der Waals surface area (Å²) in [4.78, 5) is 22.7. The van der Waals surface area contributed by atoms with Gasteiger partial charge in [-0.3, -0.25) is 4.90 Å². The van der Waals surface area contributed by atoms with Crippen LogP contribution in [0, 0.1) is 29.9 Å². The van der Waals surface area contributed by atoms with E-state index in [0.717, 1.165) is 77.3 Å². The highest BCUT2D eigenvalue weighted by Gasteiger charge is 2.45. The lowest BCUT2D eigenvalue weighted by Crippen LogP contribution is -2.43. The van der Waals surface area contributed by atoms with E-state index in [1.807, 2.05) is 6.07 Å². The summed E-state index contributed by atoms with van der Waals surface area (Å²) in [6.07, 6.45) is 11.5. The van der Waals surface area contributed by atoms with Gasteiger partial charge in [-0.15, -0.1) is 6.42 Å². The van der Waals surface area contributed by atoms with Gasteiger partial charge in [0, 0.05) is 23.2 Å². The Hall–Kier alpha value is -5.20. The maximum absolute atomic E-state index is 16.7. The van der Waals surface area contributed by atoms with Gasteiger partial charge in [0.25, 0.3) is 0 Å². The van der Waals surface area contributed by atoms with E-state index in [9.17, 15) is 17.6 Å². The van der Waals surface area contributed by atoms with E-state index in [4.69, 9.17) is 21.9 Å². The molecule has 6 heterocycles. The third kappa shape index (κ3) is 8.03. The van der Waals surface area contributed by atoms with E-state index >= 15 is 4.39 Å². The van der Waals surface area contributed by atoms with Crippen molar-refractivity contribution in [2.75, 3.05) is 45.6 Å². The average molecular weight is 775 g/mol. The van der Waals surface area contributed by atoms with Gasteiger partial charge in [-0.25, -0.2) is 18.7 Å². The quantitative estimate of drug-likeness (QED) is 0.121. The van der Waals surface area contributed by atoms with Crippen molar-refractivity contribution in [1.82, 2.24) is 35.1 Å². The van der Waals surface area contributed by atoms with Gasteiger partial charge in [-0.2, -0.15) is 28.1 Å². The molecule has 3 aliphatic heterocycles. The lowest BCUT2D eigenvalue weighted by molar-refractivity contribution is -0.145. The molecule has 2 aromatic carbocycles. The number of aromatic nitrogens is 5. The minimum atomic E-state index is -4.52. The van der Waals surface area contributed by atoms with Crippen LogP contribution in [0.2, 0.25) is 0 Å². The zero-order valence-corrected chi connectivity index (χ0v) is 31.1. The van der Waals surface area contributed by atoms with Gasteiger partial charge in [-0.1, -0.05) is 36.6 Å². The Morgan fingerprint density at radius 2 is 1.80 bits per heavy atom. The molecule has 15 heteroatoms. The maximum Gasteiger partial charge on any atom is 0.451 e. The number of methoxy groups -OCH3 is 1. The second-order valence-electron chi connectivity index (χ2n) is 14.5. The van der Waals surface area contributed by atoms with E-state index in [2.05, 4.69) is 40.8 Å². The van der Waals surface area contributed by atoms with Gasteiger partial charge >= 0.3 is 12.2 Å². The van der Waals surface area contributed by atoms with Crippen LogP contribution < -0.4 is 20.5 Å².